The van der Waals surface area contributed by atoms with Crippen LogP contribution in [0.4, 0.5) is 0 Å². The third-order valence-electron chi connectivity index (χ3n) is 3.80. The van der Waals surface area contributed by atoms with E-state index in [4.69, 9.17) is 4.74 Å². The van der Waals surface area contributed by atoms with Crippen molar-refractivity contribution in [2.45, 2.75) is 59.7 Å². The van der Waals surface area contributed by atoms with Crippen molar-refractivity contribution in [3.8, 4) is 0 Å². The lowest BCUT2D eigenvalue weighted by molar-refractivity contribution is 0.184. The van der Waals surface area contributed by atoms with Crippen molar-refractivity contribution in [3.05, 3.63) is 35.4 Å². The minimum Gasteiger partial charge on any atom is -0.380 e. The molecule has 0 aliphatic heterocycles. The van der Waals surface area contributed by atoms with Crippen LogP contribution in [-0.2, 0) is 17.9 Å². The molecule has 2 N–H and O–H groups in total. The second-order valence-corrected chi connectivity index (χ2v) is 7.27. The fraction of sp³-hybridized carbons (Fsp3) is 0.632. The topological polar surface area (TPSA) is 45.7 Å². The van der Waals surface area contributed by atoms with E-state index in [-0.39, 0.29) is 0 Å². The third kappa shape index (κ3) is 8.03. The van der Waals surface area contributed by atoms with Gasteiger partial charge in [-0.2, -0.15) is 0 Å². The molecule has 1 aromatic rings. The van der Waals surface area contributed by atoms with Crippen LogP contribution in [0.2, 0.25) is 0 Å². The number of ether oxygens (including phenoxy) is 1. The maximum Gasteiger partial charge on any atom is 0.191 e. The minimum atomic E-state index is 0.367. The van der Waals surface area contributed by atoms with E-state index in [1.807, 2.05) is 13.1 Å². The van der Waals surface area contributed by atoms with Crippen molar-refractivity contribution in [1.29, 1.82) is 0 Å². The van der Waals surface area contributed by atoms with Gasteiger partial charge in [-0.25, -0.2) is 0 Å². The maximum atomic E-state index is 5.26. The standard InChI is InChI=1S/C19H33N3O/c1-15(11-12-19(2,3)4)22-18(20-5)21-13-16-9-7-8-10-17(16)14-23-6/h7-10,15H,11-14H2,1-6H3,(H2,20,21,22). The number of benzene rings is 1. The first-order valence-corrected chi connectivity index (χ1v) is 8.38. The quantitative estimate of drug-likeness (QED) is 0.595. The number of aliphatic imine (C=N–C) groups is 1. The second kappa shape index (κ2) is 9.56. The van der Waals surface area contributed by atoms with Crippen molar-refractivity contribution in [2.24, 2.45) is 10.4 Å². The summed E-state index contributed by atoms with van der Waals surface area (Å²) in [5.74, 6) is 0.846. The Labute approximate surface area is 141 Å². The lowest BCUT2D eigenvalue weighted by Crippen LogP contribution is -2.42. The Balaban J connectivity index is 2.51. The van der Waals surface area contributed by atoms with Crippen LogP contribution >= 0.6 is 0 Å². The first-order chi connectivity index (χ1) is 10.9. The molecule has 1 unspecified atom stereocenters. The normalized spacial score (nSPS) is 13.7. The Morgan fingerprint density at radius 3 is 2.43 bits per heavy atom. The molecule has 1 atom stereocenters. The van der Waals surface area contributed by atoms with Gasteiger partial charge in [0, 0.05) is 26.7 Å². The Morgan fingerprint density at radius 1 is 1.22 bits per heavy atom. The summed E-state index contributed by atoms with van der Waals surface area (Å²) in [4.78, 5) is 4.33. The molecule has 0 aromatic heterocycles. The molecule has 130 valence electrons. The SMILES string of the molecule is CN=C(NCc1ccccc1COC)NC(C)CCC(C)(C)C. The molecule has 1 rings (SSSR count). The van der Waals surface area contributed by atoms with Gasteiger partial charge in [-0.1, -0.05) is 45.0 Å². The average Bonchev–Trinajstić information content (AvgIpc) is 2.50. The smallest absolute Gasteiger partial charge is 0.191 e. The summed E-state index contributed by atoms with van der Waals surface area (Å²) < 4.78 is 5.26. The highest BCUT2D eigenvalue weighted by Crippen LogP contribution is 2.21. The number of methoxy groups -OCH3 is 1. The van der Waals surface area contributed by atoms with Crippen LogP contribution in [0.1, 0.15) is 51.7 Å². The third-order valence-corrected chi connectivity index (χ3v) is 3.80. The van der Waals surface area contributed by atoms with Gasteiger partial charge in [0.05, 0.1) is 6.61 Å². The van der Waals surface area contributed by atoms with E-state index in [1.165, 1.54) is 17.5 Å². The molecule has 0 aliphatic carbocycles. The molecular weight excluding hydrogens is 286 g/mol. The van der Waals surface area contributed by atoms with Crippen LogP contribution in [0.25, 0.3) is 0 Å². The molecule has 0 saturated heterocycles. The lowest BCUT2D eigenvalue weighted by atomic mass is 9.89. The molecule has 4 heteroatoms. The van der Waals surface area contributed by atoms with Crippen LogP contribution < -0.4 is 10.6 Å². The summed E-state index contributed by atoms with van der Waals surface area (Å²) in [5.41, 5.74) is 2.81. The number of nitrogens with one attached hydrogen (secondary N) is 2. The molecule has 0 fully saturated rings. The van der Waals surface area contributed by atoms with Gasteiger partial charge in [0.25, 0.3) is 0 Å². The number of hydrogen-bond acceptors (Lipinski definition) is 2. The van der Waals surface area contributed by atoms with Gasteiger partial charge in [-0.3, -0.25) is 4.99 Å². The van der Waals surface area contributed by atoms with Gasteiger partial charge < -0.3 is 15.4 Å². The van der Waals surface area contributed by atoms with E-state index in [9.17, 15) is 0 Å². The average molecular weight is 319 g/mol. The summed E-state index contributed by atoms with van der Waals surface area (Å²) in [5, 5.41) is 6.86. The van der Waals surface area contributed by atoms with E-state index in [2.05, 4.69) is 61.5 Å². The summed E-state index contributed by atoms with van der Waals surface area (Å²) >= 11 is 0. The lowest BCUT2D eigenvalue weighted by Gasteiger charge is -2.23. The first kappa shape index (κ1) is 19.5. The highest BCUT2D eigenvalue weighted by molar-refractivity contribution is 5.79. The van der Waals surface area contributed by atoms with Crippen molar-refractivity contribution < 1.29 is 4.74 Å². The van der Waals surface area contributed by atoms with Gasteiger partial charge in [-0.15, -0.1) is 0 Å². The predicted octanol–water partition coefficient (Wildman–Crippen LogP) is 3.71. The fourth-order valence-electron chi connectivity index (χ4n) is 2.35. The monoisotopic (exact) mass is 319 g/mol. The van der Waals surface area contributed by atoms with E-state index in [1.54, 1.807) is 7.11 Å². The van der Waals surface area contributed by atoms with Crippen molar-refractivity contribution >= 4 is 5.96 Å². The predicted molar refractivity (Wildman–Crippen MR) is 98.6 cm³/mol. The molecule has 4 nitrogen and oxygen atoms in total. The molecule has 0 aliphatic rings. The highest BCUT2D eigenvalue weighted by Gasteiger charge is 2.13. The largest absolute Gasteiger partial charge is 0.380 e. The van der Waals surface area contributed by atoms with E-state index in [0.29, 0.717) is 18.1 Å². The van der Waals surface area contributed by atoms with Crippen molar-refractivity contribution in [3.63, 3.8) is 0 Å². The molecule has 1 aromatic carbocycles. The van der Waals surface area contributed by atoms with E-state index >= 15 is 0 Å². The maximum absolute atomic E-state index is 5.26. The van der Waals surface area contributed by atoms with Crippen molar-refractivity contribution in [2.75, 3.05) is 14.2 Å². The molecule has 0 bridgehead atoms. The fourth-order valence-corrected chi connectivity index (χ4v) is 2.35. The number of nitrogens with zero attached hydrogens (tertiary/aromatic N) is 1. The molecule has 0 spiro atoms. The van der Waals surface area contributed by atoms with Gasteiger partial charge in [-0.05, 0) is 36.3 Å². The van der Waals surface area contributed by atoms with Gasteiger partial charge >= 0.3 is 0 Å². The molecule has 0 amide bonds. The second-order valence-electron chi connectivity index (χ2n) is 7.27. The molecule has 0 heterocycles. The minimum absolute atomic E-state index is 0.367. The summed E-state index contributed by atoms with van der Waals surface area (Å²) in [6, 6.07) is 8.72. The van der Waals surface area contributed by atoms with Crippen molar-refractivity contribution in [1.82, 2.24) is 10.6 Å². The molecule has 0 saturated carbocycles. The Bertz CT molecular complexity index is 492. The summed E-state index contributed by atoms with van der Waals surface area (Å²) in [7, 11) is 3.54. The Kier molecular flexibility index (Phi) is 8.10. The van der Waals surface area contributed by atoms with Crippen LogP contribution in [0, 0.1) is 5.41 Å². The zero-order valence-electron chi connectivity index (χ0n) is 15.6. The molecular formula is C19H33N3O. The van der Waals surface area contributed by atoms with Crippen LogP contribution in [0.15, 0.2) is 29.3 Å². The van der Waals surface area contributed by atoms with Gasteiger partial charge in [0.1, 0.15) is 0 Å². The van der Waals surface area contributed by atoms with Crippen LogP contribution in [-0.4, -0.2) is 26.2 Å². The molecule has 23 heavy (non-hydrogen) atoms. The van der Waals surface area contributed by atoms with Gasteiger partial charge in [0.15, 0.2) is 5.96 Å². The number of guanidine groups is 1. The Morgan fingerprint density at radius 2 is 1.87 bits per heavy atom. The van der Waals surface area contributed by atoms with Gasteiger partial charge in [0.2, 0.25) is 0 Å². The summed E-state index contributed by atoms with van der Waals surface area (Å²) in [6.45, 7) is 10.4. The zero-order valence-corrected chi connectivity index (χ0v) is 15.6. The van der Waals surface area contributed by atoms with Crippen LogP contribution in [0.5, 0.6) is 0 Å². The van der Waals surface area contributed by atoms with Crippen LogP contribution in [0.3, 0.4) is 0 Å². The molecule has 0 radical (unpaired) electrons. The first-order valence-electron chi connectivity index (χ1n) is 8.38. The highest BCUT2D eigenvalue weighted by atomic mass is 16.5. The number of hydrogen-bond donors (Lipinski definition) is 2. The number of rotatable bonds is 7. The Hall–Kier alpha value is -1.55. The van der Waals surface area contributed by atoms with E-state index < -0.39 is 0 Å². The zero-order chi connectivity index (χ0) is 17.3. The van der Waals surface area contributed by atoms with E-state index in [0.717, 1.165) is 18.9 Å². The summed E-state index contributed by atoms with van der Waals surface area (Å²) in [6.07, 6.45) is 2.32.